The fraction of sp³-hybridized carbons (Fsp3) is 0.389. The quantitative estimate of drug-likeness (QED) is 0.642. The van der Waals surface area contributed by atoms with Crippen LogP contribution in [0.5, 0.6) is 0 Å². The number of hydrogen-bond acceptors (Lipinski definition) is 4. The number of nitrogens with zero attached hydrogens (tertiary/aromatic N) is 3. The Balaban J connectivity index is 1.85. The van der Waals surface area contributed by atoms with Gasteiger partial charge in [-0.1, -0.05) is 36.0 Å². The Kier molecular flexibility index (Phi) is 3.81. The summed E-state index contributed by atoms with van der Waals surface area (Å²) < 4.78 is 1.78. The van der Waals surface area contributed by atoms with E-state index in [1.807, 2.05) is 0 Å². The molecule has 0 unspecified atom stereocenters. The lowest BCUT2D eigenvalue weighted by Crippen LogP contribution is -2.29. The second-order valence-electron chi connectivity index (χ2n) is 6.10. The fourth-order valence-electron chi connectivity index (χ4n) is 3.04. The van der Waals surface area contributed by atoms with Gasteiger partial charge in [-0.05, 0) is 30.7 Å². The highest BCUT2D eigenvalue weighted by atomic mass is 32.2. The van der Waals surface area contributed by atoms with E-state index in [1.165, 1.54) is 18.4 Å². The Hall–Kier alpha value is -1.88. The summed E-state index contributed by atoms with van der Waals surface area (Å²) in [6.45, 7) is 0.750. The van der Waals surface area contributed by atoms with Gasteiger partial charge in [0.15, 0.2) is 5.16 Å². The molecule has 0 atom stereocenters. The average molecular weight is 325 g/mol. The zero-order valence-electron chi connectivity index (χ0n) is 13.2. The first-order valence-electron chi connectivity index (χ1n) is 8.08. The van der Waals surface area contributed by atoms with Crippen molar-refractivity contribution in [3.8, 4) is 11.3 Å². The van der Waals surface area contributed by atoms with Crippen molar-refractivity contribution in [1.82, 2.24) is 9.55 Å². The summed E-state index contributed by atoms with van der Waals surface area (Å²) in [7, 11) is 1.69. The third-order valence-electron chi connectivity index (χ3n) is 4.42. The molecular formula is C18H19N3OS. The van der Waals surface area contributed by atoms with Crippen molar-refractivity contribution in [1.29, 1.82) is 0 Å². The van der Waals surface area contributed by atoms with Gasteiger partial charge in [-0.25, -0.2) is 4.98 Å². The van der Waals surface area contributed by atoms with Crippen LogP contribution in [-0.4, -0.2) is 28.6 Å². The van der Waals surface area contributed by atoms with Crippen molar-refractivity contribution in [2.45, 2.75) is 36.9 Å². The molecule has 23 heavy (non-hydrogen) atoms. The Labute approximate surface area is 139 Å². The summed E-state index contributed by atoms with van der Waals surface area (Å²) in [5, 5.41) is 0.829. The highest BCUT2D eigenvalue weighted by Crippen LogP contribution is 2.40. The van der Waals surface area contributed by atoms with Crippen molar-refractivity contribution in [3.05, 3.63) is 45.7 Å². The van der Waals surface area contributed by atoms with Gasteiger partial charge in [0.05, 0.1) is 11.3 Å². The van der Waals surface area contributed by atoms with E-state index in [4.69, 9.17) is 4.98 Å². The average Bonchev–Trinajstić information content (AvgIpc) is 3.43. The molecule has 2 heterocycles. The van der Waals surface area contributed by atoms with Crippen LogP contribution in [0.1, 0.15) is 36.3 Å². The van der Waals surface area contributed by atoms with Crippen LogP contribution in [0.3, 0.4) is 0 Å². The third-order valence-corrected chi connectivity index (χ3v) is 5.48. The smallest absolute Gasteiger partial charge is 0.263 e. The van der Waals surface area contributed by atoms with Gasteiger partial charge >= 0.3 is 0 Å². The maximum Gasteiger partial charge on any atom is 0.263 e. The van der Waals surface area contributed by atoms with E-state index in [0.717, 1.165) is 41.1 Å². The monoisotopic (exact) mass is 325 g/mol. The molecular weight excluding hydrogens is 306 g/mol. The van der Waals surface area contributed by atoms with Crippen LogP contribution in [0.15, 0.2) is 39.2 Å². The molecule has 0 amide bonds. The topological polar surface area (TPSA) is 47.2 Å². The highest BCUT2D eigenvalue weighted by molar-refractivity contribution is 7.99. The second-order valence-corrected chi connectivity index (χ2v) is 7.16. The van der Waals surface area contributed by atoms with Crippen LogP contribution in [0.25, 0.3) is 11.3 Å². The summed E-state index contributed by atoms with van der Waals surface area (Å²) >= 11 is 1.66. The van der Waals surface area contributed by atoms with Gasteiger partial charge in [0.1, 0.15) is 0 Å². The van der Waals surface area contributed by atoms with E-state index < -0.39 is 0 Å². The van der Waals surface area contributed by atoms with E-state index in [0.29, 0.717) is 5.56 Å². The third kappa shape index (κ3) is 2.74. The lowest BCUT2D eigenvalue weighted by Gasteiger charge is -2.19. The molecule has 1 aromatic heterocycles. The largest absolute Gasteiger partial charge is 0.296 e. The van der Waals surface area contributed by atoms with Crippen LogP contribution in [-0.2, 0) is 6.54 Å². The van der Waals surface area contributed by atoms with Crippen molar-refractivity contribution in [2.24, 2.45) is 4.99 Å². The molecule has 4 nitrogen and oxygen atoms in total. The van der Waals surface area contributed by atoms with Crippen LogP contribution in [0.2, 0.25) is 0 Å². The van der Waals surface area contributed by atoms with E-state index in [-0.39, 0.29) is 5.56 Å². The maximum absolute atomic E-state index is 12.8. The molecule has 1 aromatic carbocycles. The molecule has 5 heteroatoms. The molecule has 0 radical (unpaired) electrons. The number of benzene rings is 1. The zero-order valence-corrected chi connectivity index (χ0v) is 14.0. The van der Waals surface area contributed by atoms with Gasteiger partial charge < -0.3 is 0 Å². The van der Waals surface area contributed by atoms with E-state index in [1.54, 1.807) is 29.6 Å². The number of aliphatic imine (C=N–C) groups is 1. The molecule has 0 bridgehead atoms. The lowest BCUT2D eigenvalue weighted by atomic mass is 10.0. The SMILES string of the molecule is C/N=C/c1c(-c2ccc(C3CC3)cc2)nc2n(c1=O)CCCS2. The molecule has 0 saturated heterocycles. The van der Waals surface area contributed by atoms with E-state index >= 15 is 0 Å². The Bertz CT molecular complexity index is 819. The minimum Gasteiger partial charge on any atom is -0.296 e. The summed E-state index contributed by atoms with van der Waals surface area (Å²) in [5.74, 6) is 1.76. The first-order valence-corrected chi connectivity index (χ1v) is 9.06. The van der Waals surface area contributed by atoms with Crippen molar-refractivity contribution in [2.75, 3.05) is 12.8 Å². The standard InChI is InChI=1S/C18H19N3OS/c1-19-11-15-16(14-7-5-13(6-8-14)12-3-4-12)20-18-21(17(15)22)9-2-10-23-18/h5-8,11-12H,2-4,9-10H2,1H3/b19-11+. The van der Waals surface area contributed by atoms with Gasteiger partial charge in [-0.2, -0.15) is 0 Å². The normalized spacial score (nSPS) is 17.4. The molecule has 1 saturated carbocycles. The van der Waals surface area contributed by atoms with Crippen LogP contribution in [0.4, 0.5) is 0 Å². The summed E-state index contributed by atoms with van der Waals surface area (Å²) in [5.41, 5.74) is 3.76. The van der Waals surface area contributed by atoms with Gasteiger partial charge in [0.2, 0.25) is 0 Å². The molecule has 4 rings (SSSR count). The first kappa shape index (κ1) is 14.7. The van der Waals surface area contributed by atoms with Crippen LogP contribution >= 0.6 is 11.8 Å². The number of rotatable bonds is 3. The van der Waals surface area contributed by atoms with Gasteiger partial charge in [0, 0.05) is 31.1 Å². The molecule has 0 spiro atoms. The van der Waals surface area contributed by atoms with Crippen LogP contribution in [0, 0.1) is 0 Å². The molecule has 2 aliphatic rings. The number of thioether (sulfide) groups is 1. The Morgan fingerprint density at radius 1 is 1.30 bits per heavy atom. The minimum absolute atomic E-state index is 0.0223. The first-order chi connectivity index (χ1) is 11.3. The van der Waals surface area contributed by atoms with Crippen molar-refractivity contribution < 1.29 is 0 Å². The highest BCUT2D eigenvalue weighted by Gasteiger charge is 2.24. The number of hydrogen-bond donors (Lipinski definition) is 0. The molecule has 2 aromatic rings. The Morgan fingerprint density at radius 3 is 2.78 bits per heavy atom. The summed E-state index contributed by atoms with van der Waals surface area (Å²) in [4.78, 5) is 21.7. The number of fused-ring (bicyclic) bond motifs is 1. The molecule has 1 fully saturated rings. The van der Waals surface area contributed by atoms with Crippen LogP contribution < -0.4 is 5.56 Å². The van der Waals surface area contributed by atoms with Gasteiger partial charge in [0.25, 0.3) is 5.56 Å². The van der Waals surface area contributed by atoms with Gasteiger partial charge in [-0.15, -0.1) is 0 Å². The molecule has 1 aliphatic carbocycles. The summed E-state index contributed by atoms with van der Waals surface area (Å²) in [6, 6.07) is 8.53. The minimum atomic E-state index is 0.0223. The summed E-state index contributed by atoms with van der Waals surface area (Å²) in [6.07, 6.45) is 5.24. The number of aromatic nitrogens is 2. The van der Waals surface area contributed by atoms with Crippen molar-refractivity contribution in [3.63, 3.8) is 0 Å². The molecule has 0 N–H and O–H groups in total. The van der Waals surface area contributed by atoms with Gasteiger partial charge in [-0.3, -0.25) is 14.4 Å². The Morgan fingerprint density at radius 2 is 2.09 bits per heavy atom. The van der Waals surface area contributed by atoms with Crippen molar-refractivity contribution >= 4 is 18.0 Å². The predicted octanol–water partition coefficient (Wildman–Crippen LogP) is 3.33. The second kappa shape index (κ2) is 5.96. The molecule has 118 valence electrons. The molecule has 1 aliphatic heterocycles. The fourth-order valence-corrected chi connectivity index (χ4v) is 3.98. The van der Waals surface area contributed by atoms with E-state index in [2.05, 4.69) is 29.3 Å². The lowest BCUT2D eigenvalue weighted by molar-refractivity contribution is 0.563. The maximum atomic E-state index is 12.8. The van der Waals surface area contributed by atoms with E-state index in [9.17, 15) is 4.79 Å². The predicted molar refractivity (Wildman–Crippen MR) is 94.8 cm³/mol. The zero-order chi connectivity index (χ0) is 15.8.